The third-order valence-corrected chi connectivity index (χ3v) is 5.16. The van der Waals surface area contributed by atoms with Crippen LogP contribution in [0.5, 0.6) is 0 Å². The van der Waals surface area contributed by atoms with E-state index in [4.69, 9.17) is 11.6 Å². The number of piperazine rings is 1. The number of hydrogen-bond acceptors (Lipinski definition) is 4. The van der Waals surface area contributed by atoms with Crippen LogP contribution in [-0.2, 0) is 0 Å². The number of anilines is 1. The van der Waals surface area contributed by atoms with Crippen molar-refractivity contribution in [3.63, 3.8) is 0 Å². The minimum Gasteiger partial charge on any atom is -0.348 e. The highest BCUT2D eigenvalue weighted by molar-refractivity contribution is 6.34. The van der Waals surface area contributed by atoms with Crippen LogP contribution in [0.2, 0.25) is 5.15 Å². The molecule has 1 fully saturated rings. The molecule has 138 valence electrons. The van der Waals surface area contributed by atoms with Gasteiger partial charge in [-0.15, -0.1) is 10.2 Å². The van der Waals surface area contributed by atoms with Crippen LogP contribution >= 0.6 is 11.6 Å². The van der Waals surface area contributed by atoms with E-state index in [2.05, 4.69) is 15.1 Å². The number of benzene rings is 2. The smallest absolute Gasteiger partial charge is 0.253 e. The number of amides is 1. The van der Waals surface area contributed by atoms with Crippen LogP contribution < -0.4 is 4.90 Å². The van der Waals surface area contributed by atoms with Crippen molar-refractivity contribution in [2.24, 2.45) is 0 Å². The van der Waals surface area contributed by atoms with Gasteiger partial charge in [-0.25, -0.2) is 4.39 Å². The Bertz CT molecular complexity index is 998. The van der Waals surface area contributed by atoms with Gasteiger partial charge in [-0.1, -0.05) is 29.8 Å². The van der Waals surface area contributed by atoms with E-state index in [1.807, 2.05) is 42.2 Å². The van der Waals surface area contributed by atoms with Crippen molar-refractivity contribution in [2.45, 2.75) is 13.0 Å². The van der Waals surface area contributed by atoms with Crippen molar-refractivity contribution in [1.29, 1.82) is 0 Å². The number of rotatable bonds is 2. The van der Waals surface area contributed by atoms with E-state index in [1.165, 1.54) is 12.1 Å². The molecule has 27 heavy (non-hydrogen) atoms. The summed E-state index contributed by atoms with van der Waals surface area (Å²) in [5.41, 5.74) is 0.678. The van der Waals surface area contributed by atoms with Gasteiger partial charge in [-0.2, -0.15) is 0 Å². The molecule has 4 rings (SSSR count). The van der Waals surface area contributed by atoms with Gasteiger partial charge in [0.2, 0.25) is 0 Å². The van der Waals surface area contributed by atoms with Crippen molar-refractivity contribution in [3.05, 3.63) is 65.1 Å². The molecule has 1 aliphatic heterocycles. The Labute approximate surface area is 161 Å². The van der Waals surface area contributed by atoms with Gasteiger partial charge in [0.25, 0.3) is 5.91 Å². The summed E-state index contributed by atoms with van der Waals surface area (Å²) in [5.74, 6) is 0.256. The molecule has 0 bridgehead atoms. The fraction of sp³-hybridized carbons (Fsp3) is 0.250. The van der Waals surface area contributed by atoms with Gasteiger partial charge in [0, 0.05) is 42.0 Å². The number of aromatic nitrogens is 2. The minimum atomic E-state index is -0.349. The first-order valence-corrected chi connectivity index (χ1v) is 9.15. The summed E-state index contributed by atoms with van der Waals surface area (Å²) in [5, 5.41) is 9.79. The van der Waals surface area contributed by atoms with Crippen molar-refractivity contribution in [1.82, 2.24) is 15.1 Å². The molecule has 3 aromatic rings. The van der Waals surface area contributed by atoms with E-state index in [0.717, 1.165) is 0 Å². The average Bonchev–Trinajstić information content (AvgIpc) is 2.69. The Morgan fingerprint density at radius 2 is 1.89 bits per heavy atom. The number of hydrogen-bond donors (Lipinski definition) is 0. The number of halogens is 2. The lowest BCUT2D eigenvalue weighted by atomic mass is 10.1. The predicted molar refractivity (Wildman–Crippen MR) is 104 cm³/mol. The lowest BCUT2D eigenvalue weighted by Crippen LogP contribution is -2.54. The SMILES string of the molecule is CC1CN(C(=O)c2ccccc2)CCN1c1nnc(Cl)c2ccc(F)cc12. The van der Waals surface area contributed by atoms with Crippen LogP contribution in [-0.4, -0.2) is 46.7 Å². The molecule has 1 aliphatic rings. The second-order valence-corrected chi connectivity index (χ2v) is 7.02. The first-order valence-electron chi connectivity index (χ1n) is 8.77. The maximum absolute atomic E-state index is 13.8. The van der Waals surface area contributed by atoms with Crippen LogP contribution in [0.15, 0.2) is 48.5 Å². The number of fused-ring (bicyclic) bond motifs is 1. The van der Waals surface area contributed by atoms with E-state index in [9.17, 15) is 9.18 Å². The van der Waals surface area contributed by atoms with Crippen molar-refractivity contribution < 1.29 is 9.18 Å². The van der Waals surface area contributed by atoms with Gasteiger partial charge in [0.1, 0.15) is 5.82 Å². The Morgan fingerprint density at radius 1 is 1.11 bits per heavy atom. The molecule has 0 spiro atoms. The number of nitrogens with zero attached hydrogens (tertiary/aromatic N) is 4. The van der Waals surface area contributed by atoms with Crippen LogP contribution in [0.1, 0.15) is 17.3 Å². The van der Waals surface area contributed by atoms with Crippen molar-refractivity contribution >= 4 is 34.1 Å². The quantitative estimate of drug-likeness (QED) is 0.674. The molecule has 0 N–H and O–H groups in total. The fourth-order valence-electron chi connectivity index (χ4n) is 3.51. The van der Waals surface area contributed by atoms with Crippen LogP contribution in [0.25, 0.3) is 10.8 Å². The normalized spacial score (nSPS) is 17.4. The summed E-state index contributed by atoms with van der Waals surface area (Å²) < 4.78 is 13.8. The van der Waals surface area contributed by atoms with Gasteiger partial charge < -0.3 is 9.80 Å². The van der Waals surface area contributed by atoms with E-state index < -0.39 is 0 Å². The zero-order valence-electron chi connectivity index (χ0n) is 14.8. The van der Waals surface area contributed by atoms with Gasteiger partial charge in [0.05, 0.1) is 0 Å². The molecular weight excluding hydrogens is 367 g/mol. The third-order valence-electron chi connectivity index (χ3n) is 4.88. The summed E-state index contributed by atoms with van der Waals surface area (Å²) in [6.07, 6.45) is 0. The van der Waals surface area contributed by atoms with Crippen LogP contribution in [0.4, 0.5) is 10.2 Å². The Morgan fingerprint density at radius 3 is 2.63 bits per heavy atom. The lowest BCUT2D eigenvalue weighted by Gasteiger charge is -2.40. The number of carbonyl (C=O) groups is 1. The lowest BCUT2D eigenvalue weighted by molar-refractivity contribution is 0.0726. The largest absolute Gasteiger partial charge is 0.348 e. The maximum atomic E-state index is 13.8. The van der Waals surface area contributed by atoms with Crippen LogP contribution in [0, 0.1) is 5.82 Å². The van der Waals surface area contributed by atoms with Gasteiger partial charge >= 0.3 is 0 Å². The molecule has 1 aromatic heterocycles. The summed E-state index contributed by atoms with van der Waals surface area (Å²) in [6.45, 7) is 3.71. The molecule has 1 unspecified atom stereocenters. The highest BCUT2D eigenvalue weighted by atomic mass is 35.5. The van der Waals surface area contributed by atoms with E-state index in [1.54, 1.807) is 6.07 Å². The summed E-state index contributed by atoms with van der Waals surface area (Å²) in [7, 11) is 0. The monoisotopic (exact) mass is 384 g/mol. The molecule has 0 radical (unpaired) electrons. The van der Waals surface area contributed by atoms with Gasteiger partial charge in [-0.3, -0.25) is 4.79 Å². The summed E-state index contributed by atoms with van der Waals surface area (Å²) in [4.78, 5) is 16.6. The molecule has 0 aliphatic carbocycles. The highest BCUT2D eigenvalue weighted by Crippen LogP contribution is 2.31. The van der Waals surface area contributed by atoms with E-state index >= 15 is 0 Å². The van der Waals surface area contributed by atoms with Gasteiger partial charge in [-0.05, 0) is 37.3 Å². The second kappa shape index (κ2) is 7.12. The van der Waals surface area contributed by atoms with Crippen molar-refractivity contribution in [3.8, 4) is 0 Å². The van der Waals surface area contributed by atoms with E-state index in [-0.39, 0.29) is 22.9 Å². The Kier molecular flexibility index (Phi) is 4.66. The molecule has 2 heterocycles. The molecule has 1 saturated heterocycles. The number of carbonyl (C=O) groups excluding carboxylic acids is 1. The minimum absolute atomic E-state index is 0.00774. The second-order valence-electron chi connectivity index (χ2n) is 6.66. The Hall–Kier alpha value is -2.73. The van der Waals surface area contributed by atoms with E-state index in [0.29, 0.717) is 41.8 Å². The Balaban J connectivity index is 1.61. The average molecular weight is 385 g/mol. The molecule has 7 heteroatoms. The first-order chi connectivity index (χ1) is 13.0. The standard InChI is InChI=1S/C20H18ClFN4O/c1-13-12-25(20(27)14-5-3-2-4-6-14)9-10-26(13)19-17-11-15(22)7-8-16(17)18(21)23-24-19/h2-8,11,13H,9-10,12H2,1H3. The molecule has 0 saturated carbocycles. The fourth-order valence-corrected chi connectivity index (χ4v) is 3.72. The zero-order valence-corrected chi connectivity index (χ0v) is 15.5. The predicted octanol–water partition coefficient (Wildman–Crippen LogP) is 3.77. The molecule has 1 amide bonds. The zero-order chi connectivity index (χ0) is 19.0. The molecule has 2 aromatic carbocycles. The molecular formula is C20H18ClFN4O. The molecule has 5 nitrogen and oxygen atoms in total. The summed E-state index contributed by atoms with van der Waals surface area (Å²) in [6, 6.07) is 13.7. The highest BCUT2D eigenvalue weighted by Gasteiger charge is 2.29. The third kappa shape index (κ3) is 3.32. The molecule has 1 atom stereocenters. The van der Waals surface area contributed by atoms with Crippen LogP contribution in [0.3, 0.4) is 0 Å². The van der Waals surface area contributed by atoms with Crippen molar-refractivity contribution in [2.75, 3.05) is 24.5 Å². The summed E-state index contributed by atoms with van der Waals surface area (Å²) >= 11 is 6.12. The first kappa shape index (κ1) is 17.7. The topological polar surface area (TPSA) is 49.3 Å². The maximum Gasteiger partial charge on any atom is 0.253 e. The van der Waals surface area contributed by atoms with Gasteiger partial charge in [0.15, 0.2) is 11.0 Å².